The molecule has 0 aliphatic heterocycles. The summed E-state index contributed by atoms with van der Waals surface area (Å²) in [6.45, 7) is 5.90. The second-order valence-corrected chi connectivity index (χ2v) is 4.49. The summed E-state index contributed by atoms with van der Waals surface area (Å²) in [5.41, 5.74) is 4.46. The zero-order valence-electron chi connectivity index (χ0n) is 11.1. The number of benzene rings is 1. The minimum absolute atomic E-state index is 0.0417. The van der Waals surface area contributed by atoms with Crippen LogP contribution in [0.15, 0.2) is 23.1 Å². The van der Waals surface area contributed by atoms with Gasteiger partial charge in [0, 0.05) is 11.0 Å². The van der Waals surface area contributed by atoms with E-state index in [1.807, 2.05) is 20.8 Å². The van der Waals surface area contributed by atoms with Crippen LogP contribution in [0.5, 0.6) is 5.75 Å². The van der Waals surface area contributed by atoms with E-state index >= 15 is 0 Å². The van der Waals surface area contributed by atoms with Crippen molar-refractivity contribution in [1.82, 2.24) is 0 Å². The number of nitro benzene ring substituents is 1. The lowest BCUT2D eigenvalue weighted by Crippen LogP contribution is -2.19. The normalized spacial score (nSPS) is 11.5. The van der Waals surface area contributed by atoms with Crippen LogP contribution in [0.1, 0.15) is 20.8 Å². The first-order valence-electron chi connectivity index (χ1n) is 5.63. The predicted octanol–water partition coefficient (Wildman–Crippen LogP) is 2.88. The predicted molar refractivity (Wildman–Crippen MR) is 75.4 cm³/mol. The summed E-state index contributed by atoms with van der Waals surface area (Å²) in [6, 6.07) is 4.66. The molecule has 1 aromatic rings. The largest absolute Gasteiger partial charge is 0.484 e. The Kier molecular flexibility index (Phi) is 7.38. The second-order valence-electron chi connectivity index (χ2n) is 3.98. The highest BCUT2D eigenvalue weighted by Crippen LogP contribution is 2.30. The number of ether oxygens (including phenoxy) is 1. The Balaban J connectivity index is 0.00000137. The smallest absolute Gasteiger partial charge is 0.312 e. The molecule has 102 valence electrons. The van der Waals surface area contributed by atoms with Crippen molar-refractivity contribution in [3.8, 4) is 5.75 Å². The molecule has 0 aliphatic carbocycles. The molecule has 0 aromatic heterocycles. The van der Waals surface area contributed by atoms with Crippen molar-refractivity contribution in [3.63, 3.8) is 0 Å². The van der Waals surface area contributed by atoms with Crippen molar-refractivity contribution in [3.05, 3.63) is 28.3 Å². The topological polar surface area (TPSA) is 78.4 Å². The summed E-state index contributed by atoms with van der Waals surface area (Å²) >= 11 is 4.07. The number of hydrogen-bond donors (Lipinski definition) is 2. The van der Waals surface area contributed by atoms with Gasteiger partial charge in [0.15, 0.2) is 5.75 Å². The number of rotatable bonds is 4. The summed E-state index contributed by atoms with van der Waals surface area (Å²) in [7, 11) is 1.50. The van der Waals surface area contributed by atoms with Gasteiger partial charge in [-0.25, -0.2) is 0 Å². The molecule has 0 saturated carbocycles. The fraction of sp³-hybridized carbons (Fsp3) is 0.500. The molecular formula is C12H20N2O3S. The molecular weight excluding hydrogens is 252 g/mol. The highest BCUT2D eigenvalue weighted by molar-refractivity contribution is 7.80. The van der Waals surface area contributed by atoms with E-state index < -0.39 is 4.92 Å². The quantitative estimate of drug-likeness (QED) is 0.502. The third-order valence-corrected chi connectivity index (χ3v) is 2.67. The number of nitro groups is 1. The average Bonchev–Trinajstić information content (AvgIpc) is 2.33. The first-order chi connectivity index (χ1) is 8.41. The maximum Gasteiger partial charge on any atom is 0.312 e. The summed E-state index contributed by atoms with van der Waals surface area (Å²) in [5, 5.41) is 10.8. The highest BCUT2D eigenvalue weighted by Gasteiger charge is 2.18. The summed E-state index contributed by atoms with van der Waals surface area (Å²) in [5.74, 6) is 0.597. The third kappa shape index (κ3) is 4.93. The first-order valence-corrected chi connectivity index (χ1v) is 6.08. The minimum atomic E-state index is -0.456. The lowest BCUT2D eigenvalue weighted by atomic mass is 10.1. The maximum absolute atomic E-state index is 10.8. The van der Waals surface area contributed by atoms with Crippen molar-refractivity contribution in [2.75, 3.05) is 7.05 Å². The molecule has 1 rings (SSSR count). The summed E-state index contributed by atoms with van der Waals surface area (Å²) < 4.78 is 5.55. The lowest BCUT2D eigenvalue weighted by Gasteiger charge is -2.17. The van der Waals surface area contributed by atoms with Crippen LogP contribution in [0.4, 0.5) is 5.69 Å². The van der Waals surface area contributed by atoms with E-state index in [2.05, 4.69) is 18.4 Å². The van der Waals surface area contributed by atoms with Gasteiger partial charge in [-0.2, -0.15) is 0 Å². The van der Waals surface area contributed by atoms with Crippen LogP contribution in [-0.4, -0.2) is 18.1 Å². The van der Waals surface area contributed by atoms with Crippen molar-refractivity contribution in [2.24, 2.45) is 11.7 Å². The standard InChI is InChI=1S/C11H15NO3S.CH5N/c1-7(2)8(3)15-11-5-4-9(16)6-10(11)12(13)14;1-2/h4-8,16H,1-3H3;2H2,1H3. The van der Waals surface area contributed by atoms with Gasteiger partial charge in [0.2, 0.25) is 0 Å². The number of hydrogen-bond acceptors (Lipinski definition) is 5. The number of thiol groups is 1. The molecule has 0 amide bonds. The molecule has 5 nitrogen and oxygen atoms in total. The van der Waals surface area contributed by atoms with E-state index in [1.54, 1.807) is 12.1 Å². The van der Waals surface area contributed by atoms with Crippen LogP contribution in [0, 0.1) is 16.0 Å². The Morgan fingerprint density at radius 2 is 1.89 bits per heavy atom. The Bertz CT molecular complexity index is 397. The Labute approximate surface area is 113 Å². The van der Waals surface area contributed by atoms with E-state index in [9.17, 15) is 10.1 Å². The Morgan fingerprint density at radius 3 is 2.33 bits per heavy atom. The van der Waals surface area contributed by atoms with E-state index in [-0.39, 0.29) is 11.8 Å². The molecule has 0 fully saturated rings. The van der Waals surface area contributed by atoms with Gasteiger partial charge in [-0.3, -0.25) is 10.1 Å². The van der Waals surface area contributed by atoms with E-state index in [4.69, 9.17) is 4.74 Å². The summed E-state index contributed by atoms with van der Waals surface area (Å²) in [6.07, 6.45) is -0.0653. The number of nitrogens with zero attached hydrogens (tertiary/aromatic N) is 1. The van der Waals surface area contributed by atoms with Crippen molar-refractivity contribution in [1.29, 1.82) is 0 Å². The molecule has 0 radical (unpaired) electrons. The Hall–Kier alpha value is -1.27. The van der Waals surface area contributed by atoms with Crippen molar-refractivity contribution < 1.29 is 9.66 Å². The lowest BCUT2D eigenvalue weighted by molar-refractivity contribution is -0.386. The molecule has 0 heterocycles. The average molecular weight is 272 g/mol. The van der Waals surface area contributed by atoms with Gasteiger partial charge in [-0.15, -0.1) is 12.6 Å². The van der Waals surface area contributed by atoms with Gasteiger partial charge in [0.1, 0.15) is 0 Å². The molecule has 0 aliphatic rings. The first kappa shape index (κ1) is 16.7. The molecule has 0 spiro atoms. The van der Waals surface area contributed by atoms with E-state index in [0.717, 1.165) is 0 Å². The zero-order valence-corrected chi connectivity index (χ0v) is 12.0. The van der Waals surface area contributed by atoms with Crippen LogP contribution in [0.3, 0.4) is 0 Å². The van der Waals surface area contributed by atoms with Gasteiger partial charge in [0.05, 0.1) is 11.0 Å². The van der Waals surface area contributed by atoms with Gasteiger partial charge >= 0.3 is 5.69 Å². The van der Waals surface area contributed by atoms with Gasteiger partial charge in [0.25, 0.3) is 0 Å². The van der Waals surface area contributed by atoms with Crippen LogP contribution in [0.25, 0.3) is 0 Å². The van der Waals surface area contributed by atoms with E-state index in [1.165, 1.54) is 13.1 Å². The molecule has 0 bridgehead atoms. The van der Waals surface area contributed by atoms with Crippen LogP contribution in [-0.2, 0) is 0 Å². The molecule has 1 aromatic carbocycles. The SMILES string of the molecule is CC(C)C(C)Oc1ccc(S)cc1[N+](=O)[O-].CN. The zero-order chi connectivity index (χ0) is 14.3. The van der Waals surface area contributed by atoms with Gasteiger partial charge in [-0.05, 0) is 32.0 Å². The molecule has 2 N–H and O–H groups in total. The van der Waals surface area contributed by atoms with Crippen molar-refractivity contribution in [2.45, 2.75) is 31.8 Å². The van der Waals surface area contributed by atoms with Gasteiger partial charge in [-0.1, -0.05) is 13.8 Å². The fourth-order valence-electron chi connectivity index (χ4n) is 1.08. The molecule has 1 atom stereocenters. The van der Waals surface area contributed by atoms with Crippen LogP contribution < -0.4 is 10.5 Å². The summed E-state index contributed by atoms with van der Waals surface area (Å²) in [4.78, 5) is 10.9. The highest BCUT2D eigenvalue weighted by atomic mass is 32.1. The third-order valence-electron chi connectivity index (χ3n) is 2.39. The molecule has 1 unspecified atom stereocenters. The van der Waals surface area contributed by atoms with Gasteiger partial charge < -0.3 is 10.5 Å². The van der Waals surface area contributed by atoms with Crippen LogP contribution in [0.2, 0.25) is 0 Å². The van der Waals surface area contributed by atoms with Crippen molar-refractivity contribution >= 4 is 18.3 Å². The molecule has 6 heteroatoms. The molecule has 0 saturated heterocycles. The number of nitrogens with two attached hydrogens (primary N) is 1. The fourth-order valence-corrected chi connectivity index (χ4v) is 1.28. The molecule has 18 heavy (non-hydrogen) atoms. The van der Waals surface area contributed by atoms with E-state index in [0.29, 0.717) is 16.6 Å². The second kappa shape index (κ2) is 7.94. The maximum atomic E-state index is 10.8. The minimum Gasteiger partial charge on any atom is -0.484 e. The van der Waals surface area contributed by atoms with Crippen LogP contribution >= 0.6 is 12.6 Å². The Morgan fingerprint density at radius 1 is 1.33 bits per heavy atom. The monoisotopic (exact) mass is 272 g/mol.